The second-order valence-corrected chi connectivity index (χ2v) is 5.48. The van der Waals surface area contributed by atoms with E-state index in [1.54, 1.807) is 0 Å². The largest absolute Gasteiger partial charge is 0.394 e. The highest BCUT2D eigenvalue weighted by molar-refractivity contribution is 5.28. The lowest BCUT2D eigenvalue weighted by Gasteiger charge is -2.20. The van der Waals surface area contributed by atoms with Crippen LogP contribution in [0.3, 0.4) is 0 Å². The molecule has 94 valence electrons. The fourth-order valence-electron chi connectivity index (χ4n) is 1.86. The Labute approximate surface area is 102 Å². The summed E-state index contributed by atoms with van der Waals surface area (Å²) < 4.78 is 11.0. The van der Waals surface area contributed by atoms with E-state index in [-0.39, 0.29) is 24.4 Å². The smallest absolute Gasteiger partial charge is 0.184 e. The van der Waals surface area contributed by atoms with Crippen LogP contribution in [0.25, 0.3) is 0 Å². The van der Waals surface area contributed by atoms with E-state index in [9.17, 15) is 0 Å². The maximum atomic E-state index is 8.98. The lowest BCUT2D eigenvalue weighted by atomic mass is 9.87. The molecule has 0 amide bonds. The van der Waals surface area contributed by atoms with Gasteiger partial charge in [-0.05, 0) is 11.0 Å². The Bertz CT molecular complexity index is 364. The molecule has 17 heavy (non-hydrogen) atoms. The zero-order chi connectivity index (χ0) is 12.5. The number of hydrogen-bond donors (Lipinski definition) is 1. The second kappa shape index (κ2) is 4.77. The quantitative estimate of drug-likeness (QED) is 0.857. The van der Waals surface area contributed by atoms with Gasteiger partial charge in [0.1, 0.15) is 6.10 Å². The molecule has 1 aromatic rings. The summed E-state index contributed by atoms with van der Waals surface area (Å²) in [5.74, 6) is 0. The number of aliphatic hydroxyl groups excluding tert-OH is 1. The van der Waals surface area contributed by atoms with Gasteiger partial charge in [0.2, 0.25) is 0 Å². The van der Waals surface area contributed by atoms with Crippen molar-refractivity contribution in [2.45, 2.75) is 38.6 Å². The fourth-order valence-corrected chi connectivity index (χ4v) is 1.86. The first-order chi connectivity index (χ1) is 8.00. The number of rotatable bonds is 2. The Morgan fingerprint density at radius 2 is 1.88 bits per heavy atom. The zero-order valence-electron chi connectivity index (χ0n) is 10.6. The summed E-state index contributed by atoms with van der Waals surface area (Å²) in [5.41, 5.74) is 2.45. The molecule has 1 N–H and O–H groups in total. The molecule has 3 heteroatoms. The second-order valence-electron chi connectivity index (χ2n) is 5.48. The highest BCUT2D eigenvalue weighted by atomic mass is 16.7. The molecule has 2 rings (SSSR count). The number of hydrogen-bond acceptors (Lipinski definition) is 3. The zero-order valence-corrected chi connectivity index (χ0v) is 10.6. The third-order valence-corrected chi connectivity index (χ3v) is 3.00. The Morgan fingerprint density at radius 1 is 1.24 bits per heavy atom. The predicted octanol–water partition coefficient (Wildman–Crippen LogP) is 2.39. The third kappa shape index (κ3) is 2.86. The summed E-state index contributed by atoms with van der Waals surface area (Å²) in [5, 5.41) is 8.98. The van der Waals surface area contributed by atoms with E-state index in [2.05, 4.69) is 32.9 Å². The van der Waals surface area contributed by atoms with Gasteiger partial charge >= 0.3 is 0 Å². The van der Waals surface area contributed by atoms with Gasteiger partial charge in [0.05, 0.1) is 13.2 Å². The summed E-state index contributed by atoms with van der Waals surface area (Å²) in [6, 6.07) is 8.28. The van der Waals surface area contributed by atoms with Gasteiger partial charge in [0.25, 0.3) is 0 Å². The topological polar surface area (TPSA) is 38.7 Å². The van der Waals surface area contributed by atoms with E-state index in [1.807, 2.05) is 12.1 Å². The minimum atomic E-state index is -0.332. The highest BCUT2D eigenvalue weighted by Gasteiger charge is 2.26. The third-order valence-electron chi connectivity index (χ3n) is 3.00. The molecule has 0 bridgehead atoms. The maximum absolute atomic E-state index is 8.98. The van der Waals surface area contributed by atoms with Crippen LogP contribution in [0.1, 0.15) is 38.2 Å². The van der Waals surface area contributed by atoms with E-state index in [0.29, 0.717) is 6.61 Å². The van der Waals surface area contributed by atoms with Gasteiger partial charge < -0.3 is 14.6 Å². The highest BCUT2D eigenvalue weighted by Crippen LogP contribution is 2.29. The van der Waals surface area contributed by atoms with Crippen molar-refractivity contribution >= 4 is 0 Å². The van der Waals surface area contributed by atoms with Crippen LogP contribution in [0.15, 0.2) is 24.3 Å². The van der Waals surface area contributed by atoms with E-state index in [4.69, 9.17) is 14.6 Å². The lowest BCUT2D eigenvalue weighted by molar-refractivity contribution is -0.0675. The summed E-state index contributed by atoms with van der Waals surface area (Å²) >= 11 is 0. The van der Waals surface area contributed by atoms with Gasteiger partial charge in [-0.2, -0.15) is 0 Å². The van der Waals surface area contributed by atoms with Crippen molar-refractivity contribution < 1.29 is 14.6 Å². The molecular weight excluding hydrogens is 216 g/mol. The average Bonchev–Trinajstić information content (AvgIpc) is 2.76. The van der Waals surface area contributed by atoms with Crippen molar-refractivity contribution in [3.8, 4) is 0 Å². The number of benzene rings is 1. The van der Waals surface area contributed by atoms with Crippen molar-refractivity contribution in [1.82, 2.24) is 0 Å². The van der Waals surface area contributed by atoms with Gasteiger partial charge in [0.15, 0.2) is 6.29 Å². The summed E-state index contributed by atoms with van der Waals surface area (Å²) in [4.78, 5) is 0. The Hall–Kier alpha value is -0.900. The first-order valence-electron chi connectivity index (χ1n) is 5.99. The van der Waals surface area contributed by atoms with Crippen molar-refractivity contribution in [2.24, 2.45) is 0 Å². The van der Waals surface area contributed by atoms with Crippen LogP contribution in [-0.2, 0) is 14.9 Å². The van der Waals surface area contributed by atoms with Crippen LogP contribution >= 0.6 is 0 Å². The molecule has 0 spiro atoms. The molecule has 0 aromatic heterocycles. The molecule has 0 saturated carbocycles. The van der Waals surface area contributed by atoms with Crippen LogP contribution in [0.5, 0.6) is 0 Å². The first-order valence-corrected chi connectivity index (χ1v) is 5.99. The van der Waals surface area contributed by atoms with Crippen LogP contribution in [-0.4, -0.2) is 24.4 Å². The molecule has 1 aromatic carbocycles. The first kappa shape index (κ1) is 12.6. The van der Waals surface area contributed by atoms with Crippen molar-refractivity contribution in [1.29, 1.82) is 0 Å². The number of aliphatic hydroxyl groups is 1. The molecule has 2 atom stereocenters. The maximum Gasteiger partial charge on any atom is 0.184 e. The molecule has 1 fully saturated rings. The SMILES string of the molecule is CC(C)(C)c1ccc(C2OCC(CO)O2)cc1. The van der Waals surface area contributed by atoms with Crippen molar-refractivity contribution in [2.75, 3.05) is 13.2 Å². The molecule has 0 radical (unpaired) electrons. The molecule has 1 aliphatic heterocycles. The van der Waals surface area contributed by atoms with Crippen LogP contribution in [0.2, 0.25) is 0 Å². The average molecular weight is 236 g/mol. The standard InChI is InChI=1S/C14H20O3/c1-14(2,3)11-6-4-10(5-7-11)13-16-9-12(8-15)17-13/h4-7,12-13,15H,8-9H2,1-3H3. The van der Waals surface area contributed by atoms with E-state index in [0.717, 1.165) is 5.56 Å². The van der Waals surface area contributed by atoms with E-state index in [1.165, 1.54) is 5.56 Å². The van der Waals surface area contributed by atoms with E-state index >= 15 is 0 Å². The van der Waals surface area contributed by atoms with Gasteiger partial charge in [-0.15, -0.1) is 0 Å². The lowest BCUT2D eigenvalue weighted by Crippen LogP contribution is -2.14. The molecule has 1 saturated heterocycles. The summed E-state index contributed by atoms with van der Waals surface area (Å²) in [6.45, 7) is 7.03. The summed E-state index contributed by atoms with van der Waals surface area (Å²) in [7, 11) is 0. The summed E-state index contributed by atoms with van der Waals surface area (Å²) in [6.07, 6.45) is -0.525. The molecule has 3 nitrogen and oxygen atoms in total. The Morgan fingerprint density at radius 3 is 2.35 bits per heavy atom. The molecule has 0 aliphatic carbocycles. The minimum absolute atomic E-state index is 0.0105. The molecule has 1 aliphatic rings. The van der Waals surface area contributed by atoms with Crippen LogP contribution < -0.4 is 0 Å². The van der Waals surface area contributed by atoms with Crippen molar-refractivity contribution in [3.05, 3.63) is 35.4 Å². The van der Waals surface area contributed by atoms with Gasteiger partial charge in [0, 0.05) is 5.56 Å². The Balaban J connectivity index is 2.09. The van der Waals surface area contributed by atoms with Crippen molar-refractivity contribution in [3.63, 3.8) is 0 Å². The van der Waals surface area contributed by atoms with Crippen LogP contribution in [0, 0.1) is 0 Å². The number of ether oxygens (including phenoxy) is 2. The van der Waals surface area contributed by atoms with Gasteiger partial charge in [-0.25, -0.2) is 0 Å². The molecule has 2 unspecified atom stereocenters. The minimum Gasteiger partial charge on any atom is -0.394 e. The normalized spacial score (nSPS) is 25.2. The van der Waals surface area contributed by atoms with Gasteiger partial charge in [-0.3, -0.25) is 0 Å². The fraction of sp³-hybridized carbons (Fsp3) is 0.571. The van der Waals surface area contributed by atoms with E-state index < -0.39 is 0 Å². The monoisotopic (exact) mass is 236 g/mol. The molecule has 1 heterocycles. The van der Waals surface area contributed by atoms with Crippen LogP contribution in [0.4, 0.5) is 0 Å². The Kier molecular flexibility index (Phi) is 3.52. The molecular formula is C14H20O3. The van der Waals surface area contributed by atoms with Gasteiger partial charge in [-0.1, -0.05) is 45.0 Å². The predicted molar refractivity (Wildman–Crippen MR) is 65.8 cm³/mol.